The van der Waals surface area contributed by atoms with Crippen molar-refractivity contribution in [1.82, 2.24) is 15.2 Å². The SMILES string of the molecule is COc1ccc2[nH]c3c(c2c1)CCN(C(=O)NC1CCCC1)C3c1ccc(F)cc1. The second-order valence-electron chi connectivity index (χ2n) is 8.26. The van der Waals surface area contributed by atoms with Crippen molar-refractivity contribution in [3.8, 4) is 5.75 Å². The predicted molar refractivity (Wildman–Crippen MR) is 114 cm³/mol. The number of carbonyl (C=O) groups is 1. The molecule has 2 amide bonds. The summed E-state index contributed by atoms with van der Waals surface area (Å²) >= 11 is 0. The van der Waals surface area contributed by atoms with Gasteiger partial charge in [0.05, 0.1) is 13.2 Å². The molecule has 0 saturated heterocycles. The fourth-order valence-electron chi connectivity index (χ4n) is 4.93. The van der Waals surface area contributed by atoms with Crippen LogP contribution in [0, 0.1) is 5.82 Å². The molecular formula is C24H26FN3O2. The van der Waals surface area contributed by atoms with Crippen LogP contribution in [-0.4, -0.2) is 35.6 Å². The number of nitrogens with zero attached hydrogens (tertiary/aromatic N) is 1. The molecular weight excluding hydrogens is 381 g/mol. The number of rotatable bonds is 3. The number of ether oxygens (including phenoxy) is 1. The van der Waals surface area contributed by atoms with Crippen molar-refractivity contribution in [3.05, 3.63) is 65.1 Å². The Bertz CT molecular complexity index is 1070. The third-order valence-corrected chi connectivity index (χ3v) is 6.46. The van der Waals surface area contributed by atoms with Gasteiger partial charge >= 0.3 is 6.03 Å². The maximum Gasteiger partial charge on any atom is 0.318 e. The second-order valence-corrected chi connectivity index (χ2v) is 8.26. The predicted octanol–water partition coefficient (Wildman–Crippen LogP) is 4.92. The van der Waals surface area contributed by atoms with Crippen LogP contribution in [0.3, 0.4) is 0 Å². The first kappa shape index (κ1) is 19.0. The Balaban J connectivity index is 1.57. The molecule has 5 nitrogen and oxygen atoms in total. The fraction of sp³-hybridized carbons (Fsp3) is 0.375. The number of amides is 2. The summed E-state index contributed by atoms with van der Waals surface area (Å²) in [7, 11) is 1.66. The first-order chi connectivity index (χ1) is 14.6. The number of H-pyrrole nitrogens is 1. The lowest BCUT2D eigenvalue weighted by molar-refractivity contribution is 0.175. The van der Waals surface area contributed by atoms with Gasteiger partial charge in [-0.05, 0) is 60.7 Å². The van der Waals surface area contributed by atoms with Crippen LogP contribution in [0.5, 0.6) is 5.75 Å². The molecule has 1 aromatic heterocycles. The summed E-state index contributed by atoms with van der Waals surface area (Å²) in [5, 5.41) is 4.34. The Morgan fingerprint density at radius 2 is 1.93 bits per heavy atom. The van der Waals surface area contributed by atoms with E-state index in [1.165, 1.54) is 30.5 Å². The quantitative estimate of drug-likeness (QED) is 0.648. The molecule has 1 unspecified atom stereocenters. The van der Waals surface area contributed by atoms with E-state index >= 15 is 0 Å². The van der Waals surface area contributed by atoms with E-state index in [1.54, 1.807) is 19.2 Å². The first-order valence-corrected chi connectivity index (χ1v) is 10.6. The zero-order valence-electron chi connectivity index (χ0n) is 17.1. The van der Waals surface area contributed by atoms with Gasteiger partial charge in [0.2, 0.25) is 0 Å². The molecule has 6 heteroatoms. The van der Waals surface area contributed by atoms with Gasteiger partial charge in [0.15, 0.2) is 0 Å². The molecule has 156 valence electrons. The highest BCUT2D eigenvalue weighted by Gasteiger charge is 2.35. The zero-order chi connectivity index (χ0) is 20.7. The van der Waals surface area contributed by atoms with Crippen LogP contribution in [0.25, 0.3) is 10.9 Å². The van der Waals surface area contributed by atoms with Crippen LogP contribution in [0.15, 0.2) is 42.5 Å². The Labute approximate surface area is 175 Å². The maximum atomic E-state index is 13.6. The number of fused-ring (bicyclic) bond motifs is 3. The van der Waals surface area contributed by atoms with E-state index in [9.17, 15) is 9.18 Å². The lowest BCUT2D eigenvalue weighted by atomic mass is 9.92. The first-order valence-electron chi connectivity index (χ1n) is 10.6. The van der Waals surface area contributed by atoms with Crippen LogP contribution < -0.4 is 10.1 Å². The van der Waals surface area contributed by atoms with E-state index in [0.29, 0.717) is 6.54 Å². The molecule has 1 saturated carbocycles. The average molecular weight is 407 g/mol. The van der Waals surface area contributed by atoms with Crippen LogP contribution in [0.1, 0.15) is 48.5 Å². The monoisotopic (exact) mass is 407 g/mol. The van der Waals surface area contributed by atoms with E-state index in [4.69, 9.17) is 4.74 Å². The van der Waals surface area contributed by atoms with Gasteiger partial charge in [-0.3, -0.25) is 0 Å². The van der Waals surface area contributed by atoms with E-state index in [2.05, 4.69) is 10.3 Å². The molecule has 0 radical (unpaired) electrons. The Morgan fingerprint density at radius 1 is 1.17 bits per heavy atom. The molecule has 2 heterocycles. The number of benzene rings is 2. The molecule has 2 N–H and O–H groups in total. The summed E-state index contributed by atoms with van der Waals surface area (Å²) in [5.41, 5.74) is 4.12. The molecule has 0 bridgehead atoms. The highest BCUT2D eigenvalue weighted by Crippen LogP contribution is 2.39. The minimum atomic E-state index is -0.283. The maximum absolute atomic E-state index is 13.6. The summed E-state index contributed by atoms with van der Waals surface area (Å²) in [6.07, 6.45) is 5.18. The summed E-state index contributed by atoms with van der Waals surface area (Å²) in [4.78, 5) is 18.7. The minimum absolute atomic E-state index is 0.0434. The lowest BCUT2D eigenvalue weighted by Crippen LogP contribution is -2.48. The van der Waals surface area contributed by atoms with Gasteiger partial charge in [-0.1, -0.05) is 25.0 Å². The smallest absolute Gasteiger partial charge is 0.318 e. The summed E-state index contributed by atoms with van der Waals surface area (Å²) in [6.45, 7) is 0.609. The summed E-state index contributed by atoms with van der Waals surface area (Å²) < 4.78 is 19.0. The van der Waals surface area contributed by atoms with E-state index in [1.807, 2.05) is 23.1 Å². The van der Waals surface area contributed by atoms with E-state index < -0.39 is 0 Å². The Kier molecular flexibility index (Phi) is 4.85. The van der Waals surface area contributed by atoms with Gasteiger partial charge < -0.3 is 19.9 Å². The standard InChI is InChI=1S/C24H26FN3O2/c1-30-18-10-11-21-20(14-18)19-12-13-28(24(29)26-17-4-2-3-5-17)23(22(19)27-21)15-6-8-16(25)9-7-15/h6-11,14,17,23,27H,2-5,12-13H2,1H3,(H,26,29). The topological polar surface area (TPSA) is 57.4 Å². The highest BCUT2D eigenvalue weighted by atomic mass is 19.1. The fourth-order valence-corrected chi connectivity index (χ4v) is 4.93. The van der Waals surface area contributed by atoms with Gasteiger partial charge in [-0.25, -0.2) is 9.18 Å². The zero-order valence-corrected chi connectivity index (χ0v) is 17.1. The number of nitrogens with one attached hydrogen (secondary N) is 2. The number of aromatic nitrogens is 1. The van der Waals surface area contributed by atoms with Crippen molar-refractivity contribution in [2.75, 3.05) is 13.7 Å². The van der Waals surface area contributed by atoms with Crippen LogP contribution in [0.4, 0.5) is 9.18 Å². The lowest BCUT2D eigenvalue weighted by Gasteiger charge is -2.37. The molecule has 1 aliphatic carbocycles. The number of carbonyl (C=O) groups excluding carboxylic acids is 1. The number of halogens is 1. The molecule has 1 atom stereocenters. The van der Waals surface area contributed by atoms with Crippen LogP contribution >= 0.6 is 0 Å². The van der Waals surface area contributed by atoms with Crippen LogP contribution in [-0.2, 0) is 6.42 Å². The number of aromatic amines is 1. The van der Waals surface area contributed by atoms with Crippen molar-refractivity contribution in [2.24, 2.45) is 0 Å². The molecule has 2 aliphatic rings. The number of urea groups is 1. The van der Waals surface area contributed by atoms with E-state index in [0.717, 1.165) is 47.2 Å². The molecule has 3 aromatic rings. The molecule has 30 heavy (non-hydrogen) atoms. The third kappa shape index (κ3) is 3.30. The minimum Gasteiger partial charge on any atom is -0.497 e. The van der Waals surface area contributed by atoms with Crippen molar-refractivity contribution < 1.29 is 13.9 Å². The van der Waals surface area contributed by atoms with Crippen molar-refractivity contribution in [3.63, 3.8) is 0 Å². The average Bonchev–Trinajstić information content (AvgIpc) is 3.40. The van der Waals surface area contributed by atoms with Gasteiger partial charge in [-0.15, -0.1) is 0 Å². The summed E-state index contributed by atoms with van der Waals surface area (Å²) in [5.74, 6) is 0.530. The number of hydrogen-bond acceptors (Lipinski definition) is 2. The molecule has 5 rings (SSSR count). The van der Waals surface area contributed by atoms with Gasteiger partial charge in [0.25, 0.3) is 0 Å². The second kappa shape index (κ2) is 7.67. The van der Waals surface area contributed by atoms with Crippen molar-refractivity contribution in [1.29, 1.82) is 0 Å². The van der Waals surface area contributed by atoms with Crippen molar-refractivity contribution in [2.45, 2.75) is 44.2 Å². The number of hydrogen-bond donors (Lipinski definition) is 2. The van der Waals surface area contributed by atoms with Gasteiger partial charge in [0, 0.05) is 29.2 Å². The Morgan fingerprint density at radius 3 is 2.67 bits per heavy atom. The highest BCUT2D eigenvalue weighted by molar-refractivity contribution is 5.87. The molecule has 2 aromatic carbocycles. The third-order valence-electron chi connectivity index (χ3n) is 6.46. The largest absolute Gasteiger partial charge is 0.497 e. The van der Waals surface area contributed by atoms with Gasteiger partial charge in [0.1, 0.15) is 11.6 Å². The normalized spacial score (nSPS) is 19.1. The number of methoxy groups -OCH3 is 1. The molecule has 0 spiro atoms. The van der Waals surface area contributed by atoms with E-state index in [-0.39, 0.29) is 23.9 Å². The summed E-state index contributed by atoms with van der Waals surface area (Å²) in [6, 6.07) is 12.4. The van der Waals surface area contributed by atoms with Gasteiger partial charge in [-0.2, -0.15) is 0 Å². The van der Waals surface area contributed by atoms with Crippen molar-refractivity contribution >= 4 is 16.9 Å². The van der Waals surface area contributed by atoms with Crippen LogP contribution in [0.2, 0.25) is 0 Å². The Hall–Kier alpha value is -3.02. The molecule has 1 aliphatic heterocycles. The molecule has 1 fully saturated rings.